The largest absolute Gasteiger partial charge is 0.497 e. The zero-order chi connectivity index (χ0) is 22.2. The molecule has 1 amide bonds. The zero-order valence-corrected chi connectivity index (χ0v) is 17.0. The summed E-state index contributed by atoms with van der Waals surface area (Å²) in [6.07, 6.45) is -4.79. The van der Waals surface area contributed by atoms with E-state index in [-0.39, 0.29) is 17.9 Å². The molecule has 1 aliphatic heterocycles. The molecule has 0 fully saturated rings. The van der Waals surface area contributed by atoms with Gasteiger partial charge in [0.2, 0.25) is 0 Å². The Morgan fingerprint density at radius 1 is 1.19 bits per heavy atom. The number of nitrogens with one attached hydrogen (secondary N) is 2. The van der Waals surface area contributed by atoms with Gasteiger partial charge in [-0.3, -0.25) is 4.79 Å². The van der Waals surface area contributed by atoms with Gasteiger partial charge in [0.15, 0.2) is 11.7 Å². The maximum atomic E-state index is 13.8. The first-order valence-corrected chi connectivity index (χ1v) is 9.76. The number of rotatable bonds is 4. The van der Waals surface area contributed by atoms with Gasteiger partial charge in [0.05, 0.1) is 13.2 Å². The van der Waals surface area contributed by atoms with E-state index in [2.05, 4.69) is 15.7 Å². The molecule has 1 aliphatic rings. The van der Waals surface area contributed by atoms with E-state index in [9.17, 15) is 18.0 Å². The van der Waals surface area contributed by atoms with Gasteiger partial charge in [-0.05, 0) is 42.0 Å². The molecule has 0 radical (unpaired) electrons. The van der Waals surface area contributed by atoms with Crippen LogP contribution in [0.2, 0.25) is 5.02 Å². The smallest absolute Gasteiger partial charge is 0.410 e. The summed E-state index contributed by atoms with van der Waals surface area (Å²) >= 11 is 5.82. The number of ether oxygens (including phenoxy) is 1. The predicted octanol–water partition coefficient (Wildman–Crippen LogP) is 5.46. The van der Waals surface area contributed by atoms with Crippen LogP contribution in [0.25, 0.3) is 0 Å². The SMILES string of the molecule is COc1ccc([C@H]2C[C@H](C(F)(F)F)n3nc(C(=O)Nc4ccc(Cl)cc4)cc3N2)cc1. The fraction of sp³-hybridized carbons (Fsp3) is 0.238. The van der Waals surface area contributed by atoms with Gasteiger partial charge < -0.3 is 15.4 Å². The first-order valence-electron chi connectivity index (χ1n) is 9.38. The van der Waals surface area contributed by atoms with Crippen molar-refractivity contribution in [3.63, 3.8) is 0 Å². The van der Waals surface area contributed by atoms with Gasteiger partial charge in [-0.1, -0.05) is 23.7 Å². The molecule has 2 N–H and O–H groups in total. The van der Waals surface area contributed by atoms with E-state index >= 15 is 0 Å². The Kier molecular flexibility index (Phi) is 5.53. The third-order valence-electron chi connectivity index (χ3n) is 5.04. The Morgan fingerprint density at radius 3 is 2.48 bits per heavy atom. The van der Waals surface area contributed by atoms with Crippen LogP contribution in [0.15, 0.2) is 54.6 Å². The van der Waals surface area contributed by atoms with Crippen LogP contribution in [0.1, 0.15) is 34.6 Å². The van der Waals surface area contributed by atoms with Crippen LogP contribution in [0.3, 0.4) is 0 Å². The van der Waals surface area contributed by atoms with Crippen LogP contribution in [0, 0.1) is 0 Å². The van der Waals surface area contributed by atoms with Crippen molar-refractivity contribution >= 4 is 29.0 Å². The quantitative estimate of drug-likeness (QED) is 0.554. The van der Waals surface area contributed by atoms with E-state index in [1.54, 1.807) is 48.5 Å². The molecular formula is C21H18ClF3N4O2. The van der Waals surface area contributed by atoms with E-state index in [4.69, 9.17) is 16.3 Å². The second-order valence-corrected chi connectivity index (χ2v) is 7.52. The Balaban J connectivity index is 1.62. The number of nitrogens with zero attached hydrogens (tertiary/aromatic N) is 2. The molecule has 0 aliphatic carbocycles. The van der Waals surface area contributed by atoms with Crippen molar-refractivity contribution in [3.05, 3.63) is 70.9 Å². The number of hydrogen-bond acceptors (Lipinski definition) is 4. The van der Waals surface area contributed by atoms with Crippen molar-refractivity contribution in [3.8, 4) is 5.75 Å². The molecule has 10 heteroatoms. The number of alkyl halides is 3. The Morgan fingerprint density at radius 2 is 1.87 bits per heavy atom. The van der Waals surface area contributed by atoms with Gasteiger partial charge in [-0.15, -0.1) is 0 Å². The summed E-state index contributed by atoms with van der Waals surface area (Å²) in [5.41, 5.74) is 1.01. The van der Waals surface area contributed by atoms with Crippen LogP contribution in [-0.2, 0) is 0 Å². The maximum absolute atomic E-state index is 13.8. The molecule has 0 saturated carbocycles. The molecular weight excluding hydrogens is 433 g/mol. The van der Waals surface area contributed by atoms with Crippen molar-refractivity contribution < 1.29 is 22.7 Å². The number of fused-ring (bicyclic) bond motifs is 1. The molecule has 2 aromatic carbocycles. The summed E-state index contributed by atoms with van der Waals surface area (Å²) in [7, 11) is 1.52. The van der Waals surface area contributed by atoms with E-state index in [0.717, 1.165) is 4.68 Å². The molecule has 0 unspecified atom stereocenters. The molecule has 2 atom stereocenters. The summed E-state index contributed by atoms with van der Waals surface area (Å²) in [6, 6.07) is 12.0. The first kappa shape index (κ1) is 21.0. The fourth-order valence-electron chi connectivity index (χ4n) is 3.47. The summed E-state index contributed by atoms with van der Waals surface area (Å²) in [5, 5.41) is 10.1. The highest BCUT2D eigenvalue weighted by Crippen LogP contribution is 2.43. The number of benzene rings is 2. The molecule has 0 spiro atoms. The van der Waals surface area contributed by atoms with Crippen LogP contribution >= 0.6 is 11.6 Å². The van der Waals surface area contributed by atoms with Gasteiger partial charge in [-0.2, -0.15) is 18.3 Å². The molecule has 2 heterocycles. The summed E-state index contributed by atoms with van der Waals surface area (Å²) in [5.74, 6) is 0.113. The summed E-state index contributed by atoms with van der Waals surface area (Å²) in [6.45, 7) is 0. The van der Waals surface area contributed by atoms with Crippen LogP contribution in [-0.4, -0.2) is 29.0 Å². The molecule has 4 rings (SSSR count). The number of anilines is 2. The fourth-order valence-corrected chi connectivity index (χ4v) is 3.59. The van der Waals surface area contributed by atoms with E-state index in [1.165, 1.54) is 13.2 Å². The van der Waals surface area contributed by atoms with Crippen LogP contribution in [0.4, 0.5) is 24.7 Å². The van der Waals surface area contributed by atoms with Gasteiger partial charge in [0.25, 0.3) is 5.91 Å². The minimum absolute atomic E-state index is 0.121. The number of aromatic nitrogens is 2. The topological polar surface area (TPSA) is 68.2 Å². The third kappa shape index (κ3) is 4.46. The number of methoxy groups -OCH3 is 1. The second-order valence-electron chi connectivity index (χ2n) is 7.08. The predicted molar refractivity (Wildman–Crippen MR) is 111 cm³/mol. The molecule has 162 valence electrons. The molecule has 6 nitrogen and oxygen atoms in total. The average molecular weight is 451 g/mol. The number of carbonyl (C=O) groups is 1. The van der Waals surface area contributed by atoms with Crippen molar-refractivity contribution in [2.45, 2.75) is 24.7 Å². The second kappa shape index (κ2) is 8.14. The highest BCUT2D eigenvalue weighted by Gasteiger charge is 2.46. The highest BCUT2D eigenvalue weighted by molar-refractivity contribution is 6.30. The standard InChI is InChI=1S/C21H18ClF3N4O2/c1-31-15-8-2-12(3-9-15)16-10-18(21(23,24)25)29-19(27-16)11-17(28-29)20(30)26-14-6-4-13(22)5-7-14/h2-9,11,16,18,27H,10H2,1H3,(H,26,30)/t16-,18-/m1/s1. The van der Waals surface area contributed by atoms with Gasteiger partial charge in [0, 0.05) is 23.2 Å². The van der Waals surface area contributed by atoms with Gasteiger partial charge in [-0.25, -0.2) is 4.68 Å². The minimum atomic E-state index is -4.53. The molecule has 3 aromatic rings. The molecule has 0 saturated heterocycles. The number of amides is 1. The van der Waals surface area contributed by atoms with Crippen molar-refractivity contribution in [1.29, 1.82) is 0 Å². The first-order chi connectivity index (χ1) is 14.7. The Labute approximate surface area is 181 Å². The normalized spacial score (nSPS) is 18.1. The lowest BCUT2D eigenvalue weighted by Crippen LogP contribution is -2.35. The van der Waals surface area contributed by atoms with E-state index in [1.807, 2.05) is 0 Å². The lowest BCUT2D eigenvalue weighted by atomic mass is 9.97. The molecule has 1 aromatic heterocycles. The zero-order valence-electron chi connectivity index (χ0n) is 16.3. The van der Waals surface area contributed by atoms with Crippen molar-refractivity contribution in [2.75, 3.05) is 17.7 Å². The van der Waals surface area contributed by atoms with Crippen molar-refractivity contribution in [2.24, 2.45) is 0 Å². The van der Waals surface area contributed by atoms with Crippen LogP contribution < -0.4 is 15.4 Å². The molecule has 0 bridgehead atoms. The van der Waals surface area contributed by atoms with E-state index < -0.39 is 24.2 Å². The number of hydrogen-bond donors (Lipinski definition) is 2. The van der Waals surface area contributed by atoms with Gasteiger partial charge >= 0.3 is 6.18 Å². The number of carbonyl (C=O) groups excluding carboxylic acids is 1. The van der Waals surface area contributed by atoms with Crippen molar-refractivity contribution in [1.82, 2.24) is 9.78 Å². The van der Waals surface area contributed by atoms with Gasteiger partial charge in [0.1, 0.15) is 11.6 Å². The summed E-state index contributed by atoms with van der Waals surface area (Å²) < 4.78 is 47.3. The lowest BCUT2D eigenvalue weighted by Gasteiger charge is -2.33. The van der Waals surface area contributed by atoms with E-state index in [0.29, 0.717) is 22.0 Å². The maximum Gasteiger partial charge on any atom is 0.410 e. The Hall–Kier alpha value is -3.20. The molecule has 31 heavy (non-hydrogen) atoms. The highest BCUT2D eigenvalue weighted by atomic mass is 35.5. The number of halogens is 4. The monoisotopic (exact) mass is 450 g/mol. The summed E-state index contributed by atoms with van der Waals surface area (Å²) in [4.78, 5) is 12.6. The average Bonchev–Trinajstić information content (AvgIpc) is 3.18. The Bertz CT molecular complexity index is 1080. The minimum Gasteiger partial charge on any atom is -0.497 e. The van der Waals surface area contributed by atoms with Crippen LogP contribution in [0.5, 0.6) is 5.75 Å². The third-order valence-corrected chi connectivity index (χ3v) is 5.29. The lowest BCUT2D eigenvalue weighted by molar-refractivity contribution is -0.173.